The lowest BCUT2D eigenvalue weighted by atomic mass is 10.1. The molecule has 1 unspecified atom stereocenters. The second kappa shape index (κ2) is 7.00. The number of thioether (sulfide) groups is 1. The van der Waals surface area contributed by atoms with Gasteiger partial charge in [0.25, 0.3) is 5.56 Å². The van der Waals surface area contributed by atoms with E-state index < -0.39 is 0 Å². The monoisotopic (exact) mass is 386 g/mol. The molecule has 0 spiro atoms. The van der Waals surface area contributed by atoms with Gasteiger partial charge in [-0.15, -0.1) is 11.3 Å². The van der Waals surface area contributed by atoms with Gasteiger partial charge in [-0.1, -0.05) is 23.9 Å². The molecule has 136 valence electrons. The summed E-state index contributed by atoms with van der Waals surface area (Å²) in [6.07, 6.45) is 0. The summed E-state index contributed by atoms with van der Waals surface area (Å²) < 4.78 is 1.67. The molecule has 26 heavy (non-hydrogen) atoms. The van der Waals surface area contributed by atoms with Crippen LogP contribution in [0, 0.1) is 27.7 Å². The number of hydrogen-bond acceptors (Lipinski definition) is 5. The average molecular weight is 387 g/mol. The van der Waals surface area contributed by atoms with Crippen LogP contribution < -0.4 is 5.56 Å². The Kier molecular flexibility index (Phi) is 5.08. The van der Waals surface area contributed by atoms with E-state index in [1.165, 1.54) is 23.1 Å². The van der Waals surface area contributed by atoms with Crippen molar-refractivity contribution in [3.63, 3.8) is 0 Å². The van der Waals surface area contributed by atoms with Crippen molar-refractivity contribution >= 4 is 39.1 Å². The lowest BCUT2D eigenvalue weighted by Crippen LogP contribution is -2.24. The third-order valence-corrected chi connectivity index (χ3v) is 7.12. The maximum Gasteiger partial charge on any atom is 0.267 e. The van der Waals surface area contributed by atoms with Gasteiger partial charge in [0.05, 0.1) is 16.3 Å². The highest BCUT2D eigenvalue weighted by Crippen LogP contribution is 2.32. The second-order valence-electron chi connectivity index (χ2n) is 6.59. The predicted molar refractivity (Wildman–Crippen MR) is 110 cm³/mol. The number of benzene rings is 1. The van der Waals surface area contributed by atoms with Gasteiger partial charge in [0, 0.05) is 4.88 Å². The molecular formula is C20H22N2O2S2. The summed E-state index contributed by atoms with van der Waals surface area (Å²) in [4.78, 5) is 31.8. The first kappa shape index (κ1) is 18.9. The number of rotatable bonds is 4. The maximum absolute atomic E-state index is 13.4. The summed E-state index contributed by atoms with van der Waals surface area (Å²) in [7, 11) is 0. The lowest BCUT2D eigenvalue weighted by molar-refractivity contribution is -0.116. The third-order valence-electron chi connectivity index (χ3n) is 4.84. The Balaban J connectivity index is 2.39. The fourth-order valence-corrected chi connectivity index (χ4v) is 4.78. The number of nitrogens with zero attached hydrogens (tertiary/aromatic N) is 2. The van der Waals surface area contributed by atoms with Gasteiger partial charge < -0.3 is 0 Å². The second-order valence-corrected chi connectivity index (χ2v) is 9.10. The Morgan fingerprint density at radius 1 is 1.19 bits per heavy atom. The van der Waals surface area contributed by atoms with Crippen molar-refractivity contribution in [2.24, 2.45) is 0 Å². The van der Waals surface area contributed by atoms with E-state index in [0.29, 0.717) is 10.5 Å². The molecule has 0 amide bonds. The Morgan fingerprint density at radius 2 is 1.88 bits per heavy atom. The van der Waals surface area contributed by atoms with Crippen LogP contribution in [-0.2, 0) is 4.79 Å². The summed E-state index contributed by atoms with van der Waals surface area (Å²) in [6.45, 7) is 11.4. The number of carbonyl (C=O) groups is 1. The molecule has 0 aliphatic heterocycles. The smallest absolute Gasteiger partial charge is 0.267 e. The molecule has 3 aromatic rings. The van der Waals surface area contributed by atoms with Crippen LogP contribution >= 0.6 is 23.1 Å². The quantitative estimate of drug-likeness (QED) is 0.480. The highest BCUT2D eigenvalue weighted by atomic mass is 32.2. The van der Waals surface area contributed by atoms with Crippen molar-refractivity contribution in [3.8, 4) is 5.69 Å². The number of Topliss-reactive ketones (excluding diaryl/α,β-unsaturated/α-hetero) is 1. The van der Waals surface area contributed by atoms with E-state index in [-0.39, 0.29) is 16.6 Å². The molecule has 4 nitrogen and oxygen atoms in total. The molecular weight excluding hydrogens is 364 g/mol. The van der Waals surface area contributed by atoms with Gasteiger partial charge in [-0.2, -0.15) is 0 Å². The summed E-state index contributed by atoms with van der Waals surface area (Å²) in [5.74, 6) is 0.0652. The molecule has 0 radical (unpaired) electrons. The fraction of sp³-hybridized carbons (Fsp3) is 0.350. The number of fused-ring (bicyclic) bond motifs is 1. The Labute approximate surface area is 161 Å². The van der Waals surface area contributed by atoms with Gasteiger partial charge in [0.15, 0.2) is 5.16 Å². The van der Waals surface area contributed by atoms with Crippen molar-refractivity contribution in [1.82, 2.24) is 9.55 Å². The van der Waals surface area contributed by atoms with E-state index in [1.807, 2.05) is 52.8 Å². The van der Waals surface area contributed by atoms with Gasteiger partial charge in [-0.25, -0.2) is 4.98 Å². The highest BCUT2D eigenvalue weighted by molar-refractivity contribution is 8.00. The van der Waals surface area contributed by atoms with Gasteiger partial charge in [0.1, 0.15) is 10.6 Å². The molecule has 1 atom stereocenters. The van der Waals surface area contributed by atoms with Gasteiger partial charge in [-0.3, -0.25) is 14.2 Å². The molecule has 2 aromatic heterocycles. The van der Waals surface area contributed by atoms with Crippen LogP contribution in [0.4, 0.5) is 0 Å². The summed E-state index contributed by atoms with van der Waals surface area (Å²) in [5.41, 5.74) is 3.90. The molecule has 0 aliphatic rings. The molecule has 0 bridgehead atoms. The zero-order valence-corrected chi connectivity index (χ0v) is 17.5. The molecule has 2 heterocycles. The molecule has 0 saturated heterocycles. The van der Waals surface area contributed by atoms with E-state index in [9.17, 15) is 9.59 Å². The number of carbonyl (C=O) groups excluding carboxylic acids is 1. The number of thiophene rings is 1. The molecule has 0 N–H and O–H groups in total. The van der Waals surface area contributed by atoms with Crippen LogP contribution in [0.25, 0.3) is 15.9 Å². The minimum atomic E-state index is -0.266. The Hall–Kier alpha value is -1.92. The molecule has 3 rings (SSSR count). The zero-order chi connectivity index (χ0) is 19.2. The zero-order valence-electron chi connectivity index (χ0n) is 15.8. The molecule has 1 aromatic carbocycles. The largest absolute Gasteiger partial charge is 0.299 e. The lowest BCUT2D eigenvalue weighted by Gasteiger charge is -2.17. The maximum atomic E-state index is 13.4. The number of hydrogen-bond donors (Lipinski definition) is 0. The van der Waals surface area contributed by atoms with Crippen molar-refractivity contribution in [2.75, 3.05) is 0 Å². The third kappa shape index (κ3) is 3.12. The highest BCUT2D eigenvalue weighted by Gasteiger charge is 2.21. The van der Waals surface area contributed by atoms with Gasteiger partial charge >= 0.3 is 0 Å². The van der Waals surface area contributed by atoms with E-state index in [0.717, 1.165) is 32.1 Å². The number of aromatic nitrogens is 2. The number of aryl methyl sites for hydroxylation is 3. The molecule has 6 heteroatoms. The van der Waals surface area contributed by atoms with Crippen LogP contribution in [0.3, 0.4) is 0 Å². The SMILES string of the molecule is CC(=O)C(C)Sc1nc2sc(C)c(C)c2c(=O)n1-c1cccc(C)c1C. The molecule has 0 aliphatic carbocycles. The molecule has 0 saturated carbocycles. The fourth-order valence-electron chi connectivity index (χ4n) is 2.79. The topological polar surface area (TPSA) is 52.0 Å². The van der Waals surface area contributed by atoms with Crippen molar-refractivity contribution < 1.29 is 4.79 Å². The van der Waals surface area contributed by atoms with Crippen LogP contribution in [0.5, 0.6) is 0 Å². The number of ketones is 1. The normalized spacial score (nSPS) is 12.5. The Bertz CT molecular complexity index is 1080. The van der Waals surface area contributed by atoms with E-state index in [4.69, 9.17) is 4.98 Å². The van der Waals surface area contributed by atoms with Crippen LogP contribution in [-0.4, -0.2) is 20.6 Å². The first-order valence-electron chi connectivity index (χ1n) is 8.48. The van der Waals surface area contributed by atoms with Crippen molar-refractivity contribution in [1.29, 1.82) is 0 Å². The standard InChI is InChI=1S/C20H22N2O2S2/c1-10-8-7-9-16(11(10)2)22-19(24)17-12(3)14(5)25-18(17)21-20(22)26-15(6)13(4)23/h7-9,15H,1-6H3. The summed E-state index contributed by atoms with van der Waals surface area (Å²) >= 11 is 2.87. The average Bonchev–Trinajstić information content (AvgIpc) is 2.85. The first-order valence-corrected chi connectivity index (χ1v) is 10.2. The van der Waals surface area contributed by atoms with Crippen molar-refractivity contribution in [3.05, 3.63) is 50.1 Å². The van der Waals surface area contributed by atoms with E-state index in [1.54, 1.807) is 11.5 Å². The van der Waals surface area contributed by atoms with E-state index >= 15 is 0 Å². The molecule has 0 fully saturated rings. The van der Waals surface area contributed by atoms with Gasteiger partial charge in [-0.05, 0) is 64.3 Å². The van der Waals surface area contributed by atoms with E-state index in [2.05, 4.69) is 0 Å². The van der Waals surface area contributed by atoms with Crippen LogP contribution in [0.1, 0.15) is 35.4 Å². The minimum Gasteiger partial charge on any atom is -0.299 e. The first-order chi connectivity index (χ1) is 12.2. The van der Waals surface area contributed by atoms with Crippen LogP contribution in [0.15, 0.2) is 28.2 Å². The van der Waals surface area contributed by atoms with Crippen molar-refractivity contribution in [2.45, 2.75) is 51.9 Å². The van der Waals surface area contributed by atoms with Gasteiger partial charge in [0.2, 0.25) is 0 Å². The predicted octanol–water partition coefficient (Wildman–Crippen LogP) is 4.75. The Morgan fingerprint density at radius 3 is 2.54 bits per heavy atom. The van der Waals surface area contributed by atoms with Crippen LogP contribution in [0.2, 0.25) is 0 Å². The minimum absolute atomic E-state index is 0.0652. The summed E-state index contributed by atoms with van der Waals surface area (Å²) in [5, 5.41) is 0.978. The summed E-state index contributed by atoms with van der Waals surface area (Å²) in [6, 6.07) is 5.91.